The number of rotatable bonds is 4. The molecule has 0 aromatic rings. The number of ether oxygens (including phenoxy) is 2. The highest BCUT2D eigenvalue weighted by atomic mass is 16.6. The Labute approximate surface area is 217 Å². The number of nitrogens with one attached hydrogen (secondary N) is 2. The molecule has 0 aliphatic carbocycles. The fourth-order valence-electron chi connectivity index (χ4n) is 4.77. The standard InChI is InChI=1S/C27H49N3O6/c1-19(2)12-13-20-14-15-30-23(20)24(32)28-21(17-31)11-9-7-6-8-10-16-35-18-22(25(30)33)29-26(34)36-27(3,4)5/h12-13,19-23,25,31,33H,6-11,14-18H2,1-5H3,(H,28,32)(H,29,34)/b13-12+/t20-,21-,22-,23-,25?/m0/s1. The van der Waals surface area contributed by atoms with Crippen LogP contribution in [0, 0.1) is 11.8 Å². The van der Waals surface area contributed by atoms with Crippen LogP contribution in [0.1, 0.15) is 79.6 Å². The van der Waals surface area contributed by atoms with Crippen molar-refractivity contribution in [3.63, 3.8) is 0 Å². The number of nitrogens with zero attached hydrogens (tertiary/aromatic N) is 1. The van der Waals surface area contributed by atoms with E-state index in [9.17, 15) is 19.8 Å². The van der Waals surface area contributed by atoms with Gasteiger partial charge >= 0.3 is 6.09 Å². The van der Waals surface area contributed by atoms with E-state index in [0.29, 0.717) is 31.9 Å². The van der Waals surface area contributed by atoms with Crippen molar-refractivity contribution in [2.24, 2.45) is 11.8 Å². The van der Waals surface area contributed by atoms with E-state index in [1.807, 2.05) is 0 Å². The summed E-state index contributed by atoms with van der Waals surface area (Å²) < 4.78 is 11.3. The van der Waals surface area contributed by atoms with E-state index in [0.717, 1.165) is 32.1 Å². The molecule has 2 aliphatic rings. The third-order valence-corrected chi connectivity index (χ3v) is 6.60. The first-order valence-electron chi connectivity index (χ1n) is 13.6. The van der Waals surface area contributed by atoms with Crippen molar-refractivity contribution in [1.82, 2.24) is 15.5 Å². The van der Waals surface area contributed by atoms with E-state index in [1.54, 1.807) is 25.7 Å². The number of allylic oxidation sites excluding steroid dienone is 1. The Morgan fingerprint density at radius 2 is 1.92 bits per heavy atom. The quantitative estimate of drug-likeness (QED) is 0.428. The van der Waals surface area contributed by atoms with Gasteiger partial charge in [-0.3, -0.25) is 9.69 Å². The molecule has 0 aromatic heterocycles. The lowest BCUT2D eigenvalue weighted by molar-refractivity contribution is -0.133. The van der Waals surface area contributed by atoms with Crippen LogP contribution < -0.4 is 10.6 Å². The minimum absolute atomic E-state index is 0.0941. The van der Waals surface area contributed by atoms with Crippen molar-refractivity contribution in [1.29, 1.82) is 0 Å². The fraction of sp³-hybridized carbons (Fsp3) is 0.852. The Morgan fingerprint density at radius 3 is 2.58 bits per heavy atom. The van der Waals surface area contributed by atoms with Gasteiger partial charge in [-0.2, -0.15) is 0 Å². The molecule has 2 amide bonds. The summed E-state index contributed by atoms with van der Waals surface area (Å²) in [5.74, 6) is 0.0230. The van der Waals surface area contributed by atoms with Crippen molar-refractivity contribution in [2.75, 3.05) is 26.4 Å². The summed E-state index contributed by atoms with van der Waals surface area (Å²) in [5.41, 5.74) is -0.684. The maximum absolute atomic E-state index is 13.5. The molecule has 36 heavy (non-hydrogen) atoms. The van der Waals surface area contributed by atoms with E-state index in [2.05, 4.69) is 36.6 Å². The largest absolute Gasteiger partial charge is 0.444 e. The second-order valence-electron chi connectivity index (χ2n) is 11.4. The zero-order valence-corrected chi connectivity index (χ0v) is 22.9. The number of hydrogen-bond donors (Lipinski definition) is 4. The summed E-state index contributed by atoms with van der Waals surface area (Å²) in [6, 6.07) is -1.72. The maximum Gasteiger partial charge on any atom is 0.408 e. The van der Waals surface area contributed by atoms with Crippen LogP contribution in [0.4, 0.5) is 4.79 Å². The smallest absolute Gasteiger partial charge is 0.408 e. The lowest BCUT2D eigenvalue weighted by atomic mass is 9.96. The molecule has 0 aromatic carbocycles. The number of alkyl carbamates (subject to hydrolysis) is 1. The minimum Gasteiger partial charge on any atom is -0.444 e. The summed E-state index contributed by atoms with van der Waals surface area (Å²) in [5, 5.41) is 27.1. The molecule has 9 nitrogen and oxygen atoms in total. The zero-order chi connectivity index (χ0) is 26.7. The van der Waals surface area contributed by atoms with Crippen LogP contribution in [-0.2, 0) is 14.3 Å². The normalized spacial score (nSPS) is 30.2. The molecule has 0 bridgehead atoms. The highest BCUT2D eigenvalue weighted by Gasteiger charge is 2.44. The van der Waals surface area contributed by atoms with E-state index in [1.165, 1.54) is 0 Å². The molecule has 2 heterocycles. The predicted molar refractivity (Wildman–Crippen MR) is 139 cm³/mol. The SMILES string of the molecule is CC(C)/C=C/[C@H]1CCN2C(O)[C@@H](NC(=O)OC(C)(C)C)COCCCCCCC[C@@H](CO)NC(=O)[C@H]12. The zero-order valence-electron chi connectivity index (χ0n) is 22.9. The van der Waals surface area contributed by atoms with E-state index in [4.69, 9.17) is 9.47 Å². The Kier molecular flexibility index (Phi) is 12.6. The molecule has 5 atom stereocenters. The van der Waals surface area contributed by atoms with Crippen LogP contribution in [0.25, 0.3) is 0 Å². The van der Waals surface area contributed by atoms with Crippen LogP contribution in [0.3, 0.4) is 0 Å². The van der Waals surface area contributed by atoms with Gasteiger partial charge in [-0.05, 0) is 46.0 Å². The van der Waals surface area contributed by atoms with Gasteiger partial charge < -0.3 is 30.3 Å². The van der Waals surface area contributed by atoms with Gasteiger partial charge in [0.2, 0.25) is 5.91 Å². The van der Waals surface area contributed by atoms with Gasteiger partial charge in [0.05, 0.1) is 31.3 Å². The molecule has 0 radical (unpaired) electrons. The number of carbonyl (C=O) groups excluding carboxylic acids is 2. The average molecular weight is 512 g/mol. The van der Waals surface area contributed by atoms with Crippen LogP contribution >= 0.6 is 0 Å². The molecule has 2 aliphatic heterocycles. The second kappa shape index (κ2) is 14.9. The molecular formula is C27H49N3O6. The summed E-state index contributed by atoms with van der Waals surface area (Å²) in [6.07, 6.45) is 8.68. The van der Waals surface area contributed by atoms with Gasteiger partial charge in [0.25, 0.3) is 0 Å². The third kappa shape index (κ3) is 10.4. The molecule has 2 rings (SSSR count). The van der Waals surface area contributed by atoms with E-state index >= 15 is 0 Å². The monoisotopic (exact) mass is 511 g/mol. The van der Waals surface area contributed by atoms with Crippen LogP contribution in [0.15, 0.2) is 12.2 Å². The van der Waals surface area contributed by atoms with Crippen LogP contribution in [-0.4, -0.2) is 83.4 Å². The van der Waals surface area contributed by atoms with Crippen molar-refractivity contribution in [2.45, 2.75) is 110 Å². The molecule has 4 N–H and O–H groups in total. The highest BCUT2D eigenvalue weighted by molar-refractivity contribution is 5.83. The third-order valence-electron chi connectivity index (χ3n) is 6.60. The first-order chi connectivity index (χ1) is 17.0. The number of hydrogen-bond acceptors (Lipinski definition) is 7. The van der Waals surface area contributed by atoms with Gasteiger partial charge in [0.1, 0.15) is 11.8 Å². The Bertz CT molecular complexity index is 708. The maximum atomic E-state index is 13.5. The minimum atomic E-state index is -1.15. The highest BCUT2D eigenvalue weighted by Crippen LogP contribution is 2.29. The summed E-state index contributed by atoms with van der Waals surface area (Å²) in [6.45, 7) is 10.5. The molecule has 208 valence electrons. The number of fused-ring (bicyclic) bond motifs is 1. The predicted octanol–water partition coefficient (Wildman–Crippen LogP) is 2.95. The molecule has 2 saturated heterocycles. The topological polar surface area (TPSA) is 120 Å². The molecule has 2 fully saturated rings. The number of aliphatic hydroxyl groups is 2. The fourth-order valence-corrected chi connectivity index (χ4v) is 4.77. The van der Waals surface area contributed by atoms with Gasteiger partial charge in [-0.1, -0.05) is 51.7 Å². The lowest BCUT2D eigenvalue weighted by Crippen LogP contribution is -2.59. The van der Waals surface area contributed by atoms with Crippen molar-refractivity contribution in [3.8, 4) is 0 Å². The van der Waals surface area contributed by atoms with E-state index in [-0.39, 0.29) is 31.1 Å². The average Bonchev–Trinajstić information content (AvgIpc) is 3.21. The Balaban J connectivity index is 2.30. The molecule has 1 unspecified atom stereocenters. The van der Waals surface area contributed by atoms with Crippen molar-refractivity contribution in [3.05, 3.63) is 12.2 Å². The summed E-state index contributed by atoms with van der Waals surface area (Å²) in [7, 11) is 0. The van der Waals surface area contributed by atoms with Gasteiger partial charge in [-0.25, -0.2) is 4.79 Å². The van der Waals surface area contributed by atoms with Gasteiger partial charge in [-0.15, -0.1) is 0 Å². The molecule has 9 heteroatoms. The van der Waals surface area contributed by atoms with Crippen LogP contribution in [0.5, 0.6) is 0 Å². The van der Waals surface area contributed by atoms with E-state index < -0.39 is 30.0 Å². The first kappa shape index (κ1) is 30.5. The summed E-state index contributed by atoms with van der Waals surface area (Å²) >= 11 is 0. The second-order valence-corrected chi connectivity index (χ2v) is 11.4. The summed E-state index contributed by atoms with van der Waals surface area (Å²) in [4.78, 5) is 27.8. The molecular weight excluding hydrogens is 462 g/mol. The van der Waals surface area contributed by atoms with Crippen molar-refractivity contribution >= 4 is 12.0 Å². The van der Waals surface area contributed by atoms with Gasteiger partial charge in [0, 0.05) is 19.1 Å². The lowest BCUT2D eigenvalue weighted by Gasteiger charge is -2.36. The molecule has 0 spiro atoms. The Morgan fingerprint density at radius 1 is 1.22 bits per heavy atom. The number of amides is 2. The number of carbonyl (C=O) groups is 2. The van der Waals surface area contributed by atoms with Crippen LogP contribution in [0.2, 0.25) is 0 Å². The first-order valence-corrected chi connectivity index (χ1v) is 13.6. The number of aliphatic hydroxyl groups excluding tert-OH is 2. The Hall–Kier alpha value is -1.68. The molecule has 0 saturated carbocycles. The van der Waals surface area contributed by atoms with Gasteiger partial charge in [0.15, 0.2) is 0 Å². The van der Waals surface area contributed by atoms with Crippen molar-refractivity contribution < 1.29 is 29.3 Å².